The lowest BCUT2D eigenvalue weighted by atomic mass is 9.96. The normalized spacial score (nSPS) is 11.7. The molecule has 0 aliphatic carbocycles. The van der Waals surface area contributed by atoms with Crippen molar-refractivity contribution in [1.82, 2.24) is 9.78 Å². The molecule has 0 fully saturated rings. The summed E-state index contributed by atoms with van der Waals surface area (Å²) < 4.78 is 2.05. The molecule has 0 bridgehead atoms. The van der Waals surface area contributed by atoms with Gasteiger partial charge in [0.05, 0.1) is 11.4 Å². The minimum Gasteiger partial charge on any atom is -0.359 e. The van der Waals surface area contributed by atoms with E-state index in [0.29, 0.717) is 0 Å². The fourth-order valence-electron chi connectivity index (χ4n) is 2.63. The standard InChI is InChI=1S/C17H24BrN3/c1-13-15(11-18)16(20(5)12-17(2,3)4)21(19-13)14-9-7-6-8-10-14/h6-10H,11-12H2,1-5H3. The first-order chi connectivity index (χ1) is 9.83. The first-order valence-corrected chi connectivity index (χ1v) is 8.36. The molecule has 0 spiro atoms. The molecular weight excluding hydrogens is 326 g/mol. The van der Waals surface area contributed by atoms with E-state index in [1.807, 2.05) is 18.2 Å². The number of para-hydroxylation sites is 1. The van der Waals surface area contributed by atoms with Gasteiger partial charge in [0.1, 0.15) is 5.82 Å². The van der Waals surface area contributed by atoms with Gasteiger partial charge in [0, 0.05) is 24.5 Å². The Morgan fingerprint density at radius 2 is 1.81 bits per heavy atom. The van der Waals surface area contributed by atoms with Gasteiger partial charge >= 0.3 is 0 Å². The number of rotatable bonds is 4. The molecule has 4 heteroatoms. The molecule has 1 aromatic heterocycles. The summed E-state index contributed by atoms with van der Waals surface area (Å²) in [5, 5.41) is 5.56. The number of hydrogen-bond donors (Lipinski definition) is 0. The third-order valence-corrected chi connectivity index (χ3v) is 3.93. The first-order valence-electron chi connectivity index (χ1n) is 7.24. The average Bonchev–Trinajstić information content (AvgIpc) is 2.74. The lowest BCUT2D eigenvalue weighted by molar-refractivity contribution is 0.416. The van der Waals surface area contributed by atoms with Crippen molar-refractivity contribution in [2.24, 2.45) is 5.41 Å². The number of anilines is 1. The van der Waals surface area contributed by atoms with Gasteiger partial charge in [-0.25, -0.2) is 4.68 Å². The molecule has 0 atom stereocenters. The fourth-order valence-corrected chi connectivity index (χ4v) is 3.29. The van der Waals surface area contributed by atoms with Crippen molar-refractivity contribution in [2.75, 3.05) is 18.5 Å². The van der Waals surface area contributed by atoms with E-state index in [1.54, 1.807) is 0 Å². The maximum absolute atomic E-state index is 4.75. The second kappa shape index (κ2) is 6.22. The van der Waals surface area contributed by atoms with Crippen LogP contribution in [0.25, 0.3) is 5.69 Å². The number of benzene rings is 1. The Morgan fingerprint density at radius 3 is 2.33 bits per heavy atom. The highest BCUT2D eigenvalue weighted by atomic mass is 79.9. The zero-order chi connectivity index (χ0) is 15.6. The monoisotopic (exact) mass is 349 g/mol. The van der Waals surface area contributed by atoms with Gasteiger partial charge in [-0.3, -0.25) is 0 Å². The quantitative estimate of drug-likeness (QED) is 0.754. The number of aryl methyl sites for hydroxylation is 1. The predicted molar refractivity (Wildman–Crippen MR) is 93.7 cm³/mol. The van der Waals surface area contributed by atoms with E-state index < -0.39 is 0 Å². The van der Waals surface area contributed by atoms with Gasteiger partial charge in [-0.1, -0.05) is 54.9 Å². The van der Waals surface area contributed by atoms with Crippen LogP contribution in [-0.2, 0) is 5.33 Å². The third-order valence-electron chi connectivity index (χ3n) is 3.36. The smallest absolute Gasteiger partial charge is 0.136 e. The van der Waals surface area contributed by atoms with Gasteiger partial charge in [0.15, 0.2) is 0 Å². The highest BCUT2D eigenvalue weighted by Gasteiger charge is 2.22. The van der Waals surface area contributed by atoms with E-state index in [4.69, 9.17) is 5.10 Å². The molecule has 21 heavy (non-hydrogen) atoms. The van der Waals surface area contributed by atoms with E-state index in [9.17, 15) is 0 Å². The summed E-state index contributed by atoms with van der Waals surface area (Å²) in [6.45, 7) is 9.82. The van der Waals surface area contributed by atoms with Gasteiger partial charge in [-0.15, -0.1) is 0 Å². The summed E-state index contributed by atoms with van der Waals surface area (Å²) in [6, 6.07) is 10.3. The third kappa shape index (κ3) is 3.67. The van der Waals surface area contributed by atoms with Crippen LogP contribution in [0.4, 0.5) is 5.82 Å². The molecule has 0 amide bonds. The molecule has 0 unspecified atom stereocenters. The Balaban J connectivity index is 2.52. The van der Waals surface area contributed by atoms with Crippen molar-refractivity contribution in [1.29, 1.82) is 0 Å². The molecule has 114 valence electrons. The van der Waals surface area contributed by atoms with Crippen LogP contribution in [0.15, 0.2) is 30.3 Å². The summed E-state index contributed by atoms with van der Waals surface area (Å²) in [7, 11) is 2.15. The number of alkyl halides is 1. The first kappa shape index (κ1) is 16.1. The maximum Gasteiger partial charge on any atom is 0.136 e. The summed E-state index contributed by atoms with van der Waals surface area (Å²) in [5.74, 6) is 1.17. The molecule has 1 aromatic carbocycles. The minimum absolute atomic E-state index is 0.234. The van der Waals surface area contributed by atoms with Gasteiger partial charge < -0.3 is 4.90 Å². The molecule has 0 aliphatic heterocycles. The molecule has 0 aliphatic rings. The van der Waals surface area contributed by atoms with Crippen LogP contribution in [0.1, 0.15) is 32.0 Å². The van der Waals surface area contributed by atoms with Crippen LogP contribution in [0.3, 0.4) is 0 Å². The minimum atomic E-state index is 0.234. The van der Waals surface area contributed by atoms with Crippen LogP contribution in [0, 0.1) is 12.3 Å². The second-order valence-electron chi connectivity index (χ2n) is 6.69. The molecular formula is C17H24BrN3. The van der Waals surface area contributed by atoms with E-state index in [1.165, 1.54) is 11.4 Å². The van der Waals surface area contributed by atoms with Crippen molar-refractivity contribution in [3.05, 3.63) is 41.6 Å². The highest BCUT2D eigenvalue weighted by molar-refractivity contribution is 9.08. The number of halogens is 1. The lowest BCUT2D eigenvalue weighted by Crippen LogP contribution is -2.31. The number of nitrogens with zero attached hydrogens (tertiary/aromatic N) is 3. The Bertz CT molecular complexity index is 596. The molecule has 0 saturated carbocycles. The topological polar surface area (TPSA) is 21.1 Å². The largest absolute Gasteiger partial charge is 0.359 e. The summed E-state index contributed by atoms with van der Waals surface area (Å²) in [6.07, 6.45) is 0. The van der Waals surface area contributed by atoms with Gasteiger partial charge in [0.25, 0.3) is 0 Å². The number of aromatic nitrogens is 2. The number of hydrogen-bond acceptors (Lipinski definition) is 2. The fraction of sp³-hybridized carbons (Fsp3) is 0.471. The van der Waals surface area contributed by atoms with E-state index in [0.717, 1.165) is 23.3 Å². The summed E-state index contributed by atoms with van der Waals surface area (Å²) in [5.41, 5.74) is 3.67. The zero-order valence-electron chi connectivity index (χ0n) is 13.5. The molecule has 0 radical (unpaired) electrons. The lowest BCUT2D eigenvalue weighted by Gasteiger charge is -2.29. The SMILES string of the molecule is Cc1nn(-c2ccccc2)c(N(C)CC(C)(C)C)c1CBr. The van der Waals surface area contributed by atoms with Crippen molar-refractivity contribution in [2.45, 2.75) is 33.0 Å². The Morgan fingerprint density at radius 1 is 1.19 bits per heavy atom. The van der Waals surface area contributed by atoms with Crippen LogP contribution >= 0.6 is 15.9 Å². The zero-order valence-corrected chi connectivity index (χ0v) is 15.1. The van der Waals surface area contributed by atoms with Crippen LogP contribution in [0.5, 0.6) is 0 Å². The van der Waals surface area contributed by atoms with E-state index >= 15 is 0 Å². The van der Waals surface area contributed by atoms with Crippen molar-refractivity contribution < 1.29 is 0 Å². The average molecular weight is 350 g/mol. The van der Waals surface area contributed by atoms with Crippen molar-refractivity contribution in [3.63, 3.8) is 0 Å². The maximum atomic E-state index is 4.75. The summed E-state index contributed by atoms with van der Waals surface area (Å²) in [4.78, 5) is 2.31. The predicted octanol–water partition coefficient (Wildman–Crippen LogP) is 4.56. The Kier molecular flexibility index (Phi) is 4.77. The van der Waals surface area contributed by atoms with Gasteiger partial charge in [-0.2, -0.15) is 5.10 Å². The van der Waals surface area contributed by atoms with Crippen LogP contribution in [0.2, 0.25) is 0 Å². The Labute approximate surface area is 136 Å². The highest BCUT2D eigenvalue weighted by Crippen LogP contribution is 2.30. The Hall–Kier alpha value is -1.29. The van der Waals surface area contributed by atoms with Gasteiger partial charge in [-0.05, 0) is 24.5 Å². The van der Waals surface area contributed by atoms with Crippen molar-refractivity contribution >= 4 is 21.7 Å². The van der Waals surface area contributed by atoms with Crippen LogP contribution < -0.4 is 4.90 Å². The second-order valence-corrected chi connectivity index (χ2v) is 7.25. The van der Waals surface area contributed by atoms with E-state index in [2.05, 4.69) is 72.4 Å². The summed E-state index contributed by atoms with van der Waals surface area (Å²) >= 11 is 3.61. The molecule has 1 heterocycles. The van der Waals surface area contributed by atoms with Crippen molar-refractivity contribution in [3.8, 4) is 5.69 Å². The van der Waals surface area contributed by atoms with Crippen LogP contribution in [-0.4, -0.2) is 23.4 Å². The molecule has 2 rings (SSSR count). The molecule has 2 aromatic rings. The molecule has 0 N–H and O–H groups in total. The van der Waals surface area contributed by atoms with Gasteiger partial charge in [0.2, 0.25) is 0 Å². The van der Waals surface area contributed by atoms with E-state index in [-0.39, 0.29) is 5.41 Å². The molecule has 0 saturated heterocycles. The molecule has 3 nitrogen and oxygen atoms in total.